The van der Waals surface area contributed by atoms with Gasteiger partial charge in [-0.05, 0) is 32.9 Å². The number of amides is 1. The van der Waals surface area contributed by atoms with E-state index < -0.39 is 0 Å². The fourth-order valence-corrected chi connectivity index (χ4v) is 3.10. The molecule has 0 saturated carbocycles. The SMILES string of the molecule is Cc1ccc(NC(=O)CSc2nnc(C(C)C)n2C(C)C)cc1. The summed E-state index contributed by atoms with van der Waals surface area (Å²) >= 11 is 1.42. The molecule has 0 radical (unpaired) electrons. The Morgan fingerprint density at radius 2 is 1.83 bits per heavy atom. The molecular formula is C17H24N4OS. The van der Waals surface area contributed by atoms with Crippen molar-refractivity contribution in [2.75, 3.05) is 11.1 Å². The van der Waals surface area contributed by atoms with Crippen LogP contribution in [0.5, 0.6) is 0 Å². The number of aryl methyl sites for hydroxylation is 1. The van der Waals surface area contributed by atoms with Gasteiger partial charge in [-0.2, -0.15) is 0 Å². The molecule has 1 N–H and O–H groups in total. The lowest BCUT2D eigenvalue weighted by Crippen LogP contribution is -2.15. The Hall–Kier alpha value is -1.82. The van der Waals surface area contributed by atoms with Crippen LogP contribution in [0.25, 0.3) is 0 Å². The molecule has 0 bridgehead atoms. The molecule has 0 fully saturated rings. The molecule has 0 spiro atoms. The number of carbonyl (C=O) groups is 1. The van der Waals surface area contributed by atoms with Crippen LogP contribution >= 0.6 is 11.8 Å². The average Bonchev–Trinajstić information content (AvgIpc) is 2.92. The van der Waals surface area contributed by atoms with Gasteiger partial charge in [-0.15, -0.1) is 10.2 Å². The van der Waals surface area contributed by atoms with Crippen molar-refractivity contribution in [3.8, 4) is 0 Å². The molecule has 0 aliphatic heterocycles. The number of benzene rings is 1. The highest BCUT2D eigenvalue weighted by molar-refractivity contribution is 7.99. The zero-order valence-electron chi connectivity index (χ0n) is 14.3. The van der Waals surface area contributed by atoms with Crippen LogP contribution in [0.4, 0.5) is 5.69 Å². The minimum atomic E-state index is -0.0387. The predicted molar refractivity (Wildman–Crippen MR) is 95.0 cm³/mol. The van der Waals surface area contributed by atoms with E-state index >= 15 is 0 Å². The minimum Gasteiger partial charge on any atom is -0.325 e. The molecule has 0 saturated heterocycles. The lowest BCUT2D eigenvalue weighted by molar-refractivity contribution is -0.113. The van der Waals surface area contributed by atoms with Gasteiger partial charge in [0.25, 0.3) is 0 Å². The van der Waals surface area contributed by atoms with Gasteiger partial charge in [-0.1, -0.05) is 43.3 Å². The molecule has 6 heteroatoms. The Morgan fingerprint density at radius 1 is 1.17 bits per heavy atom. The van der Waals surface area contributed by atoms with Crippen LogP contribution in [0.2, 0.25) is 0 Å². The maximum Gasteiger partial charge on any atom is 0.234 e. The molecule has 23 heavy (non-hydrogen) atoms. The minimum absolute atomic E-state index is 0.0387. The summed E-state index contributed by atoms with van der Waals surface area (Å²) in [5, 5.41) is 12.2. The van der Waals surface area contributed by atoms with Crippen LogP contribution in [0.15, 0.2) is 29.4 Å². The van der Waals surface area contributed by atoms with E-state index in [0.29, 0.717) is 11.7 Å². The standard InChI is InChI=1S/C17H24N4OS/c1-11(2)16-19-20-17(21(16)12(3)4)23-10-15(22)18-14-8-6-13(5)7-9-14/h6-9,11-12H,10H2,1-5H3,(H,18,22). The predicted octanol–water partition coefficient (Wildman–Crippen LogP) is 4.02. The number of nitrogens with one attached hydrogen (secondary N) is 1. The second-order valence-electron chi connectivity index (χ2n) is 6.16. The largest absolute Gasteiger partial charge is 0.325 e. The van der Waals surface area contributed by atoms with E-state index in [0.717, 1.165) is 16.7 Å². The summed E-state index contributed by atoms with van der Waals surface area (Å²) in [4.78, 5) is 12.1. The molecule has 0 aliphatic carbocycles. The molecule has 0 unspecified atom stereocenters. The highest BCUT2D eigenvalue weighted by atomic mass is 32.2. The second-order valence-corrected chi connectivity index (χ2v) is 7.10. The maximum atomic E-state index is 12.1. The van der Waals surface area contributed by atoms with E-state index in [-0.39, 0.29) is 11.9 Å². The molecule has 5 nitrogen and oxygen atoms in total. The summed E-state index contributed by atoms with van der Waals surface area (Å²) in [6.45, 7) is 10.4. The van der Waals surface area contributed by atoms with Gasteiger partial charge < -0.3 is 9.88 Å². The number of hydrogen-bond acceptors (Lipinski definition) is 4. The van der Waals surface area contributed by atoms with Gasteiger partial charge in [0, 0.05) is 17.6 Å². The Morgan fingerprint density at radius 3 is 2.39 bits per heavy atom. The summed E-state index contributed by atoms with van der Waals surface area (Å²) in [5.74, 6) is 1.54. The Balaban J connectivity index is 2.00. The first-order valence-electron chi connectivity index (χ1n) is 7.82. The third kappa shape index (κ3) is 4.58. The zero-order valence-corrected chi connectivity index (χ0v) is 15.1. The molecule has 0 atom stereocenters. The van der Waals surface area contributed by atoms with Gasteiger partial charge in [0.15, 0.2) is 5.16 Å². The molecular weight excluding hydrogens is 308 g/mol. The van der Waals surface area contributed by atoms with E-state index in [1.807, 2.05) is 31.2 Å². The Kier molecular flexibility index (Phi) is 5.82. The third-order valence-electron chi connectivity index (χ3n) is 3.39. The third-order valence-corrected chi connectivity index (χ3v) is 4.33. The molecule has 1 heterocycles. The van der Waals surface area contributed by atoms with Crippen LogP contribution < -0.4 is 5.32 Å². The highest BCUT2D eigenvalue weighted by Crippen LogP contribution is 2.25. The number of nitrogens with zero attached hydrogens (tertiary/aromatic N) is 3. The van der Waals surface area contributed by atoms with Crippen molar-refractivity contribution in [2.24, 2.45) is 0 Å². The van der Waals surface area contributed by atoms with Crippen LogP contribution in [-0.2, 0) is 4.79 Å². The first kappa shape index (κ1) is 17.5. The van der Waals surface area contributed by atoms with Gasteiger partial charge in [0.1, 0.15) is 5.82 Å². The highest BCUT2D eigenvalue weighted by Gasteiger charge is 2.18. The van der Waals surface area contributed by atoms with Gasteiger partial charge in [-0.3, -0.25) is 4.79 Å². The Labute approximate surface area is 141 Å². The molecule has 2 rings (SSSR count). The van der Waals surface area contributed by atoms with Crippen LogP contribution in [0, 0.1) is 6.92 Å². The first-order chi connectivity index (χ1) is 10.9. The van der Waals surface area contributed by atoms with E-state index in [1.54, 1.807) is 0 Å². The molecule has 0 aliphatic rings. The van der Waals surface area contributed by atoms with Crippen molar-refractivity contribution in [3.63, 3.8) is 0 Å². The monoisotopic (exact) mass is 332 g/mol. The molecule has 124 valence electrons. The van der Waals surface area contributed by atoms with E-state index in [4.69, 9.17) is 0 Å². The zero-order chi connectivity index (χ0) is 17.0. The summed E-state index contributed by atoms with van der Waals surface area (Å²) in [5.41, 5.74) is 1.98. The Bertz CT molecular complexity index is 662. The smallest absolute Gasteiger partial charge is 0.234 e. The summed E-state index contributed by atoms with van der Waals surface area (Å²) in [6, 6.07) is 8.04. The van der Waals surface area contributed by atoms with E-state index in [2.05, 4.69) is 47.8 Å². The topological polar surface area (TPSA) is 59.8 Å². The first-order valence-corrected chi connectivity index (χ1v) is 8.81. The number of thioether (sulfide) groups is 1. The van der Waals surface area contributed by atoms with Gasteiger partial charge >= 0.3 is 0 Å². The number of carbonyl (C=O) groups excluding carboxylic acids is 1. The van der Waals surface area contributed by atoms with Crippen molar-refractivity contribution >= 4 is 23.4 Å². The fraction of sp³-hybridized carbons (Fsp3) is 0.471. The van der Waals surface area contributed by atoms with Gasteiger partial charge in [-0.25, -0.2) is 0 Å². The van der Waals surface area contributed by atoms with Crippen molar-refractivity contribution < 1.29 is 4.79 Å². The second kappa shape index (κ2) is 7.64. The molecule has 1 aromatic carbocycles. The average molecular weight is 332 g/mol. The van der Waals surface area contributed by atoms with E-state index in [9.17, 15) is 4.79 Å². The normalized spacial score (nSPS) is 11.3. The van der Waals surface area contributed by atoms with Crippen molar-refractivity contribution in [1.82, 2.24) is 14.8 Å². The van der Waals surface area contributed by atoms with E-state index in [1.165, 1.54) is 17.3 Å². The molecule has 1 aromatic heterocycles. The lowest BCUT2D eigenvalue weighted by Gasteiger charge is -2.15. The van der Waals surface area contributed by atoms with Crippen LogP contribution in [-0.4, -0.2) is 26.4 Å². The van der Waals surface area contributed by atoms with Crippen LogP contribution in [0.3, 0.4) is 0 Å². The molecule has 1 amide bonds. The van der Waals surface area contributed by atoms with Crippen molar-refractivity contribution in [1.29, 1.82) is 0 Å². The summed E-state index contributed by atoms with van der Waals surface area (Å²) in [6.07, 6.45) is 0. The number of rotatable bonds is 6. The van der Waals surface area contributed by atoms with Crippen molar-refractivity contribution in [3.05, 3.63) is 35.7 Å². The number of aromatic nitrogens is 3. The quantitative estimate of drug-likeness (QED) is 0.812. The number of anilines is 1. The van der Waals surface area contributed by atoms with Gasteiger partial charge in [0.05, 0.1) is 5.75 Å². The van der Waals surface area contributed by atoms with Gasteiger partial charge in [0.2, 0.25) is 5.91 Å². The van der Waals surface area contributed by atoms with Crippen molar-refractivity contribution in [2.45, 2.75) is 51.7 Å². The molecule has 2 aromatic rings. The summed E-state index contributed by atoms with van der Waals surface area (Å²) < 4.78 is 2.11. The summed E-state index contributed by atoms with van der Waals surface area (Å²) in [7, 11) is 0. The van der Waals surface area contributed by atoms with Crippen LogP contribution in [0.1, 0.15) is 51.0 Å². The number of hydrogen-bond donors (Lipinski definition) is 1. The lowest BCUT2D eigenvalue weighted by atomic mass is 10.2. The maximum absolute atomic E-state index is 12.1. The fourth-order valence-electron chi connectivity index (χ4n) is 2.23.